The van der Waals surface area contributed by atoms with Crippen LogP contribution in [-0.2, 0) is 22.5 Å². The lowest BCUT2D eigenvalue weighted by atomic mass is 10.1. The molecule has 1 N–H and O–H groups in total. The van der Waals surface area contributed by atoms with Crippen molar-refractivity contribution >= 4 is 34.5 Å². The van der Waals surface area contributed by atoms with Gasteiger partial charge in [0.2, 0.25) is 5.95 Å². The molecule has 0 radical (unpaired) electrons. The van der Waals surface area contributed by atoms with Crippen LogP contribution in [0.5, 0.6) is 0 Å². The second-order valence-corrected chi connectivity index (χ2v) is 7.24. The quantitative estimate of drug-likeness (QED) is 0.684. The van der Waals surface area contributed by atoms with E-state index in [2.05, 4.69) is 39.1 Å². The summed E-state index contributed by atoms with van der Waals surface area (Å²) in [7, 11) is 0. The van der Waals surface area contributed by atoms with Crippen molar-refractivity contribution < 1.29 is 9.53 Å². The van der Waals surface area contributed by atoms with Crippen LogP contribution >= 0.6 is 11.6 Å². The number of carbonyl (C=O) groups excluding carboxylic acids is 1. The number of aromatic nitrogens is 2. The third kappa shape index (κ3) is 4.15. The standard InChI is InChI=1S/C21H22ClN3O2/c22-16-10-11-18-17(14-16)23-21(24-20(26)19-9-5-13-27-19)25(18)12-4-8-15-6-2-1-3-7-15/h1-3,6-7,10-11,14,19H,4-5,8-9,12-13H2,(H,23,24,26). The summed E-state index contributed by atoms with van der Waals surface area (Å²) in [5.41, 5.74) is 3.05. The van der Waals surface area contributed by atoms with E-state index < -0.39 is 0 Å². The van der Waals surface area contributed by atoms with Crippen molar-refractivity contribution in [3.05, 3.63) is 59.1 Å². The zero-order valence-electron chi connectivity index (χ0n) is 15.0. The first kappa shape index (κ1) is 18.0. The van der Waals surface area contributed by atoms with Gasteiger partial charge in [-0.2, -0.15) is 0 Å². The molecule has 1 atom stereocenters. The van der Waals surface area contributed by atoms with E-state index in [-0.39, 0.29) is 12.0 Å². The topological polar surface area (TPSA) is 56.2 Å². The van der Waals surface area contributed by atoms with Gasteiger partial charge in [0.25, 0.3) is 5.91 Å². The van der Waals surface area contributed by atoms with Crippen LogP contribution in [0.4, 0.5) is 5.95 Å². The van der Waals surface area contributed by atoms with Crippen LogP contribution < -0.4 is 5.32 Å². The van der Waals surface area contributed by atoms with Crippen LogP contribution in [0.1, 0.15) is 24.8 Å². The Morgan fingerprint density at radius 3 is 2.89 bits per heavy atom. The zero-order valence-corrected chi connectivity index (χ0v) is 15.8. The van der Waals surface area contributed by atoms with Gasteiger partial charge in [-0.15, -0.1) is 0 Å². The van der Waals surface area contributed by atoms with Gasteiger partial charge in [-0.3, -0.25) is 10.1 Å². The van der Waals surface area contributed by atoms with Crippen LogP contribution in [0.15, 0.2) is 48.5 Å². The van der Waals surface area contributed by atoms with Crippen molar-refractivity contribution in [2.24, 2.45) is 0 Å². The smallest absolute Gasteiger partial charge is 0.255 e. The molecule has 4 rings (SSSR count). The molecule has 1 aliphatic heterocycles. The number of carbonyl (C=O) groups is 1. The number of aryl methyl sites for hydroxylation is 2. The first-order valence-corrected chi connectivity index (χ1v) is 9.71. The number of ether oxygens (including phenoxy) is 1. The molecular weight excluding hydrogens is 362 g/mol. The third-order valence-electron chi connectivity index (χ3n) is 4.86. The SMILES string of the molecule is O=C(Nc1nc2cc(Cl)ccc2n1CCCc1ccccc1)C1CCCO1. The molecular formula is C21H22ClN3O2. The third-order valence-corrected chi connectivity index (χ3v) is 5.09. The zero-order chi connectivity index (χ0) is 18.6. The van der Waals surface area contributed by atoms with Crippen molar-refractivity contribution in [3.63, 3.8) is 0 Å². The summed E-state index contributed by atoms with van der Waals surface area (Å²) >= 11 is 6.12. The minimum atomic E-state index is -0.383. The molecule has 2 aromatic carbocycles. The molecule has 1 amide bonds. The molecule has 1 aliphatic rings. The molecule has 1 aromatic heterocycles. The molecule has 0 spiro atoms. The molecule has 5 nitrogen and oxygen atoms in total. The van der Waals surface area contributed by atoms with Crippen molar-refractivity contribution in [2.45, 2.75) is 38.3 Å². The molecule has 1 unspecified atom stereocenters. The van der Waals surface area contributed by atoms with Crippen molar-refractivity contribution in [2.75, 3.05) is 11.9 Å². The number of amides is 1. The highest BCUT2D eigenvalue weighted by molar-refractivity contribution is 6.31. The maximum atomic E-state index is 12.5. The van der Waals surface area contributed by atoms with Gasteiger partial charge >= 0.3 is 0 Å². The van der Waals surface area contributed by atoms with Crippen molar-refractivity contribution in [1.29, 1.82) is 0 Å². The van der Waals surface area contributed by atoms with Crippen molar-refractivity contribution in [3.8, 4) is 0 Å². The molecule has 0 bridgehead atoms. The summed E-state index contributed by atoms with van der Waals surface area (Å²) in [6, 6.07) is 16.0. The monoisotopic (exact) mass is 383 g/mol. The minimum absolute atomic E-state index is 0.127. The molecule has 1 saturated heterocycles. The Morgan fingerprint density at radius 2 is 2.11 bits per heavy atom. The Hall–Kier alpha value is -2.37. The Balaban J connectivity index is 1.55. The summed E-state index contributed by atoms with van der Waals surface area (Å²) in [6.07, 6.45) is 3.20. The number of fused-ring (bicyclic) bond motifs is 1. The number of nitrogens with zero attached hydrogens (tertiary/aromatic N) is 2. The highest BCUT2D eigenvalue weighted by Gasteiger charge is 2.25. The predicted octanol–water partition coefficient (Wildman–Crippen LogP) is 4.44. The van der Waals surface area contributed by atoms with E-state index in [1.165, 1.54) is 5.56 Å². The second-order valence-electron chi connectivity index (χ2n) is 6.80. The Morgan fingerprint density at radius 1 is 1.26 bits per heavy atom. The van der Waals surface area contributed by atoms with Gasteiger partial charge < -0.3 is 9.30 Å². The summed E-state index contributed by atoms with van der Waals surface area (Å²) in [5, 5.41) is 3.59. The Kier molecular flexibility index (Phi) is 5.41. The Labute approximate surface area is 163 Å². The largest absolute Gasteiger partial charge is 0.368 e. The van der Waals surface area contributed by atoms with E-state index in [1.54, 1.807) is 0 Å². The first-order valence-electron chi connectivity index (χ1n) is 9.33. The predicted molar refractivity (Wildman–Crippen MR) is 107 cm³/mol. The lowest BCUT2D eigenvalue weighted by Crippen LogP contribution is -2.28. The van der Waals surface area contributed by atoms with E-state index in [0.717, 1.165) is 43.3 Å². The normalized spacial score (nSPS) is 16.7. The summed E-state index contributed by atoms with van der Waals surface area (Å²) in [5.74, 6) is 0.430. The van der Waals surface area contributed by atoms with Crippen LogP contribution in [0, 0.1) is 0 Å². The fraction of sp³-hybridized carbons (Fsp3) is 0.333. The van der Waals surface area contributed by atoms with Gasteiger partial charge in [0.05, 0.1) is 11.0 Å². The number of hydrogen-bond acceptors (Lipinski definition) is 3. The molecule has 140 valence electrons. The fourth-order valence-corrected chi connectivity index (χ4v) is 3.65. The van der Waals surface area contributed by atoms with E-state index in [4.69, 9.17) is 16.3 Å². The minimum Gasteiger partial charge on any atom is -0.368 e. The molecule has 2 heterocycles. The average molecular weight is 384 g/mol. The lowest BCUT2D eigenvalue weighted by Gasteiger charge is -2.13. The lowest BCUT2D eigenvalue weighted by molar-refractivity contribution is -0.124. The maximum absolute atomic E-state index is 12.5. The molecule has 0 saturated carbocycles. The van der Waals surface area contributed by atoms with E-state index in [9.17, 15) is 4.79 Å². The number of benzene rings is 2. The first-order chi connectivity index (χ1) is 13.2. The highest BCUT2D eigenvalue weighted by atomic mass is 35.5. The van der Waals surface area contributed by atoms with Crippen LogP contribution in [0.3, 0.4) is 0 Å². The van der Waals surface area contributed by atoms with Gasteiger partial charge in [-0.05, 0) is 49.4 Å². The van der Waals surface area contributed by atoms with Gasteiger partial charge in [0, 0.05) is 18.2 Å². The Bertz CT molecular complexity index is 933. The van der Waals surface area contributed by atoms with Crippen LogP contribution in [-0.4, -0.2) is 28.2 Å². The second kappa shape index (κ2) is 8.11. The highest BCUT2D eigenvalue weighted by Crippen LogP contribution is 2.25. The number of halogens is 1. The van der Waals surface area contributed by atoms with Gasteiger partial charge in [-0.1, -0.05) is 41.9 Å². The molecule has 0 aliphatic carbocycles. The summed E-state index contributed by atoms with van der Waals surface area (Å²) in [6.45, 7) is 1.40. The molecule has 6 heteroatoms. The summed E-state index contributed by atoms with van der Waals surface area (Å²) < 4.78 is 7.55. The summed E-state index contributed by atoms with van der Waals surface area (Å²) in [4.78, 5) is 17.1. The van der Waals surface area contributed by atoms with E-state index in [0.29, 0.717) is 17.6 Å². The number of hydrogen-bond donors (Lipinski definition) is 1. The number of nitrogens with one attached hydrogen (secondary N) is 1. The van der Waals surface area contributed by atoms with Crippen molar-refractivity contribution in [1.82, 2.24) is 9.55 Å². The van der Waals surface area contributed by atoms with Crippen LogP contribution in [0.25, 0.3) is 11.0 Å². The van der Waals surface area contributed by atoms with Gasteiger partial charge in [-0.25, -0.2) is 4.98 Å². The van der Waals surface area contributed by atoms with Crippen LogP contribution in [0.2, 0.25) is 5.02 Å². The maximum Gasteiger partial charge on any atom is 0.255 e. The molecule has 3 aromatic rings. The number of rotatable bonds is 6. The average Bonchev–Trinajstić information content (AvgIpc) is 3.31. The number of anilines is 1. The molecule has 27 heavy (non-hydrogen) atoms. The van der Waals surface area contributed by atoms with E-state index >= 15 is 0 Å². The molecule has 1 fully saturated rings. The van der Waals surface area contributed by atoms with Gasteiger partial charge in [0.1, 0.15) is 6.10 Å². The fourth-order valence-electron chi connectivity index (χ4n) is 3.49. The van der Waals surface area contributed by atoms with Gasteiger partial charge in [0.15, 0.2) is 0 Å². The number of imidazole rings is 1. The van der Waals surface area contributed by atoms with E-state index in [1.807, 2.05) is 24.3 Å².